The van der Waals surface area contributed by atoms with E-state index in [-0.39, 0.29) is 16.9 Å². The number of H-pyrrole nitrogens is 1. The van der Waals surface area contributed by atoms with Crippen molar-refractivity contribution in [3.63, 3.8) is 0 Å². The molecule has 4 heterocycles. The number of amides is 1. The Hall–Kier alpha value is -4.53. The number of carbonyl (C=O) groups is 1. The quantitative estimate of drug-likeness (QED) is 0.171. The average Bonchev–Trinajstić information content (AvgIpc) is 3.89. The number of likely N-dealkylation sites (tertiary alicyclic amines) is 1. The SMILES string of the molecule is C=CC1(c2cccc(-c3ccnc4[nH]ncc34)c2)CCNC1.C=CC1(c2cccc(Br)c2)CCN(C(=O)OCc2ccccc2)C1. The van der Waals surface area contributed by atoms with Gasteiger partial charge in [-0.2, -0.15) is 5.10 Å². The number of fused-ring (bicyclic) bond motifs is 1. The zero-order chi connectivity index (χ0) is 32.0. The van der Waals surface area contributed by atoms with E-state index in [1.807, 2.05) is 67.0 Å². The van der Waals surface area contributed by atoms with E-state index in [1.54, 1.807) is 4.90 Å². The highest BCUT2D eigenvalue weighted by Crippen LogP contribution is 2.37. The summed E-state index contributed by atoms with van der Waals surface area (Å²) in [7, 11) is 0. The van der Waals surface area contributed by atoms with Gasteiger partial charge in [-0.05, 0) is 65.4 Å². The summed E-state index contributed by atoms with van der Waals surface area (Å²) in [6.45, 7) is 11.6. The summed E-state index contributed by atoms with van der Waals surface area (Å²) in [5.41, 5.74) is 6.48. The Morgan fingerprint density at radius 1 is 0.957 bits per heavy atom. The van der Waals surface area contributed by atoms with Gasteiger partial charge in [0.15, 0.2) is 5.65 Å². The van der Waals surface area contributed by atoms with Crippen molar-refractivity contribution < 1.29 is 9.53 Å². The highest BCUT2D eigenvalue weighted by molar-refractivity contribution is 9.10. The summed E-state index contributed by atoms with van der Waals surface area (Å²) in [6, 6.07) is 28.7. The Morgan fingerprint density at radius 3 is 2.48 bits per heavy atom. The highest BCUT2D eigenvalue weighted by Gasteiger charge is 2.39. The van der Waals surface area contributed by atoms with Crippen molar-refractivity contribution in [2.75, 3.05) is 26.2 Å². The van der Waals surface area contributed by atoms with E-state index in [4.69, 9.17) is 4.74 Å². The van der Waals surface area contributed by atoms with E-state index in [9.17, 15) is 4.79 Å². The first-order valence-corrected chi connectivity index (χ1v) is 16.3. The molecule has 8 heteroatoms. The van der Waals surface area contributed by atoms with E-state index in [0.29, 0.717) is 19.7 Å². The summed E-state index contributed by atoms with van der Waals surface area (Å²) in [6.07, 6.45) is 9.39. The van der Waals surface area contributed by atoms with Gasteiger partial charge in [-0.3, -0.25) is 5.10 Å². The highest BCUT2D eigenvalue weighted by atomic mass is 79.9. The number of nitrogens with zero attached hydrogens (tertiary/aromatic N) is 3. The lowest BCUT2D eigenvalue weighted by Gasteiger charge is -2.26. The van der Waals surface area contributed by atoms with Crippen LogP contribution >= 0.6 is 15.9 Å². The van der Waals surface area contributed by atoms with Gasteiger partial charge in [-0.1, -0.05) is 94.8 Å². The van der Waals surface area contributed by atoms with Gasteiger partial charge in [0, 0.05) is 46.5 Å². The molecule has 0 spiro atoms. The Labute approximate surface area is 278 Å². The smallest absolute Gasteiger partial charge is 0.410 e. The second-order valence-electron chi connectivity index (χ2n) is 11.9. The molecule has 2 fully saturated rings. The fourth-order valence-corrected chi connectivity index (χ4v) is 6.87. The number of aromatic amines is 1. The molecule has 2 atom stereocenters. The molecule has 2 aliphatic heterocycles. The lowest BCUT2D eigenvalue weighted by Crippen LogP contribution is -2.33. The molecule has 2 unspecified atom stereocenters. The maximum atomic E-state index is 12.4. The lowest BCUT2D eigenvalue weighted by atomic mass is 9.79. The molecule has 46 heavy (non-hydrogen) atoms. The first-order valence-electron chi connectivity index (χ1n) is 15.5. The standard InChI is InChI=1S/C20H20BrNO2.C18H18N4/c1-2-20(17-9-6-10-18(21)13-17)11-12-22(15-20)19(23)24-14-16-7-4-3-5-8-16;1-2-18(7-9-19-12-18)14-5-3-4-13(10-14)15-6-8-20-17-16(15)11-21-22-17/h2-10,13H,1,11-12,14-15H2;2-6,8,10-11,19H,1,7,9,12H2,(H,20,21,22). The third kappa shape index (κ3) is 6.55. The van der Waals surface area contributed by atoms with Crippen LogP contribution in [-0.4, -0.2) is 52.4 Å². The molecule has 2 aromatic heterocycles. The zero-order valence-electron chi connectivity index (χ0n) is 25.8. The number of halogens is 1. The number of hydrogen-bond acceptors (Lipinski definition) is 5. The van der Waals surface area contributed by atoms with Gasteiger partial charge in [0.2, 0.25) is 0 Å². The number of aromatic nitrogens is 3. The first kappa shape index (κ1) is 31.5. The van der Waals surface area contributed by atoms with Crippen LogP contribution in [-0.2, 0) is 22.2 Å². The predicted molar refractivity (Wildman–Crippen MR) is 188 cm³/mol. The minimum Gasteiger partial charge on any atom is -0.445 e. The molecule has 2 N–H and O–H groups in total. The molecule has 1 amide bonds. The predicted octanol–water partition coefficient (Wildman–Crippen LogP) is 7.96. The molecule has 0 saturated carbocycles. The molecule has 0 radical (unpaired) electrons. The van der Waals surface area contributed by atoms with Gasteiger partial charge < -0.3 is 15.0 Å². The van der Waals surface area contributed by atoms with Gasteiger partial charge in [-0.25, -0.2) is 9.78 Å². The van der Waals surface area contributed by atoms with Crippen LogP contribution < -0.4 is 5.32 Å². The Bertz CT molecular complexity index is 1830. The van der Waals surface area contributed by atoms with E-state index in [1.165, 1.54) is 16.7 Å². The van der Waals surface area contributed by atoms with Gasteiger partial charge in [0.25, 0.3) is 0 Å². The van der Waals surface area contributed by atoms with Crippen LogP contribution in [0.15, 0.2) is 127 Å². The summed E-state index contributed by atoms with van der Waals surface area (Å²) >= 11 is 3.52. The van der Waals surface area contributed by atoms with Crippen molar-refractivity contribution >= 4 is 33.1 Å². The van der Waals surface area contributed by atoms with E-state index >= 15 is 0 Å². The zero-order valence-corrected chi connectivity index (χ0v) is 27.4. The van der Waals surface area contributed by atoms with Crippen LogP contribution in [0.3, 0.4) is 0 Å². The van der Waals surface area contributed by atoms with Crippen molar-refractivity contribution in [3.05, 3.63) is 144 Å². The van der Waals surface area contributed by atoms with Gasteiger partial charge in [0.05, 0.1) is 6.20 Å². The fourth-order valence-electron chi connectivity index (χ4n) is 6.47. The van der Waals surface area contributed by atoms with Crippen molar-refractivity contribution in [2.45, 2.75) is 30.3 Å². The maximum Gasteiger partial charge on any atom is 0.410 e. The monoisotopic (exact) mass is 675 g/mol. The Kier molecular flexibility index (Phi) is 9.47. The lowest BCUT2D eigenvalue weighted by molar-refractivity contribution is 0.103. The number of ether oxygens (including phenoxy) is 1. The van der Waals surface area contributed by atoms with E-state index < -0.39 is 0 Å². The van der Waals surface area contributed by atoms with Crippen LogP contribution in [0.25, 0.3) is 22.2 Å². The van der Waals surface area contributed by atoms with Crippen molar-refractivity contribution in [2.24, 2.45) is 0 Å². The molecule has 7 rings (SSSR count). The van der Waals surface area contributed by atoms with Crippen molar-refractivity contribution in [3.8, 4) is 11.1 Å². The topological polar surface area (TPSA) is 83.1 Å². The third-order valence-corrected chi connectivity index (χ3v) is 9.73. The second kappa shape index (κ2) is 13.8. The van der Waals surface area contributed by atoms with Crippen molar-refractivity contribution in [1.82, 2.24) is 25.4 Å². The number of carbonyl (C=O) groups excluding carboxylic acids is 1. The molecule has 0 bridgehead atoms. The van der Waals surface area contributed by atoms with Crippen LogP contribution in [0, 0.1) is 0 Å². The number of benzene rings is 3. The fraction of sp³-hybridized carbons (Fsp3) is 0.237. The average molecular weight is 677 g/mol. The van der Waals surface area contributed by atoms with Crippen LogP contribution in [0.2, 0.25) is 0 Å². The Morgan fingerprint density at radius 2 is 1.74 bits per heavy atom. The molecule has 2 aliphatic rings. The molecular formula is C38H38BrN5O2. The third-order valence-electron chi connectivity index (χ3n) is 9.24. The summed E-state index contributed by atoms with van der Waals surface area (Å²) in [5, 5.41) is 11.5. The second-order valence-corrected chi connectivity index (χ2v) is 12.9. The molecule has 234 valence electrons. The molecule has 7 nitrogen and oxygen atoms in total. The number of hydrogen-bond donors (Lipinski definition) is 2. The van der Waals surface area contributed by atoms with Crippen LogP contribution in [0.5, 0.6) is 0 Å². The van der Waals surface area contributed by atoms with Crippen molar-refractivity contribution in [1.29, 1.82) is 0 Å². The summed E-state index contributed by atoms with van der Waals surface area (Å²) in [5.74, 6) is 0. The normalized spacial score (nSPS) is 20.6. The summed E-state index contributed by atoms with van der Waals surface area (Å²) < 4.78 is 6.49. The Balaban J connectivity index is 0.000000162. The van der Waals surface area contributed by atoms with Gasteiger partial charge >= 0.3 is 6.09 Å². The molecule has 5 aromatic rings. The number of rotatable bonds is 7. The minimum absolute atomic E-state index is 0.0402. The van der Waals surface area contributed by atoms with Gasteiger partial charge in [-0.15, -0.1) is 13.2 Å². The van der Waals surface area contributed by atoms with E-state index in [0.717, 1.165) is 52.6 Å². The first-order chi connectivity index (χ1) is 22.4. The van der Waals surface area contributed by atoms with Crippen LogP contribution in [0.4, 0.5) is 4.79 Å². The molecule has 2 saturated heterocycles. The largest absolute Gasteiger partial charge is 0.445 e. The maximum absolute atomic E-state index is 12.4. The van der Waals surface area contributed by atoms with E-state index in [2.05, 4.69) is 92.1 Å². The van der Waals surface area contributed by atoms with Gasteiger partial charge in [0.1, 0.15) is 6.61 Å². The molecular weight excluding hydrogens is 638 g/mol. The number of nitrogens with one attached hydrogen (secondary N) is 2. The summed E-state index contributed by atoms with van der Waals surface area (Å²) in [4.78, 5) is 18.5. The minimum atomic E-state index is -0.266. The molecule has 3 aromatic carbocycles. The molecule has 0 aliphatic carbocycles. The number of pyridine rings is 1. The van der Waals surface area contributed by atoms with Crippen LogP contribution in [0.1, 0.15) is 29.5 Å².